The summed E-state index contributed by atoms with van der Waals surface area (Å²) in [6.07, 6.45) is 7.54. The van der Waals surface area contributed by atoms with E-state index in [9.17, 15) is 4.79 Å². The van der Waals surface area contributed by atoms with Gasteiger partial charge in [0.05, 0.1) is 31.1 Å². The van der Waals surface area contributed by atoms with Crippen molar-refractivity contribution >= 4 is 11.7 Å². The van der Waals surface area contributed by atoms with Crippen LogP contribution < -0.4 is 5.32 Å². The van der Waals surface area contributed by atoms with E-state index in [1.165, 1.54) is 19.2 Å². The van der Waals surface area contributed by atoms with Crippen molar-refractivity contribution in [1.29, 1.82) is 0 Å². The third-order valence-electron chi connectivity index (χ3n) is 4.71. The van der Waals surface area contributed by atoms with Crippen molar-refractivity contribution in [3.63, 3.8) is 0 Å². The summed E-state index contributed by atoms with van der Waals surface area (Å²) in [5.74, 6) is 1.34. The predicted octanol–water partition coefficient (Wildman–Crippen LogP) is 1.58. The van der Waals surface area contributed by atoms with Crippen molar-refractivity contribution in [2.75, 3.05) is 25.1 Å². The average Bonchev–Trinajstić information content (AvgIpc) is 3.10. The molecule has 2 aliphatic rings. The van der Waals surface area contributed by atoms with E-state index < -0.39 is 0 Å². The summed E-state index contributed by atoms with van der Waals surface area (Å²) in [5, 5.41) is 14.0. The minimum atomic E-state index is -0.262. The van der Waals surface area contributed by atoms with Gasteiger partial charge in [-0.1, -0.05) is 0 Å². The molecule has 2 amide bonds. The number of carbonyl (C=O) groups is 1. The van der Waals surface area contributed by atoms with Gasteiger partial charge >= 0.3 is 6.03 Å². The van der Waals surface area contributed by atoms with Crippen LogP contribution in [0.25, 0.3) is 0 Å². The number of rotatable bonds is 4. The van der Waals surface area contributed by atoms with Crippen LogP contribution >= 0.6 is 0 Å². The summed E-state index contributed by atoms with van der Waals surface area (Å²) in [6.45, 7) is 3.58. The zero-order valence-electron chi connectivity index (χ0n) is 13.6. The number of hydrogen-bond acceptors (Lipinski definition) is 5. The molecular formula is C15H21N7O2. The first-order valence-corrected chi connectivity index (χ1v) is 8.27. The molecule has 1 saturated carbocycles. The molecule has 2 aromatic rings. The lowest BCUT2D eigenvalue weighted by atomic mass is 10.2. The monoisotopic (exact) mass is 331 g/mol. The molecule has 0 bridgehead atoms. The fourth-order valence-electron chi connectivity index (χ4n) is 3.06. The van der Waals surface area contributed by atoms with E-state index in [0.717, 1.165) is 0 Å². The Morgan fingerprint density at radius 3 is 3.12 bits per heavy atom. The van der Waals surface area contributed by atoms with Gasteiger partial charge in [0.2, 0.25) is 0 Å². The Balaban J connectivity index is 1.44. The zero-order chi connectivity index (χ0) is 16.5. The SMILES string of the molecule is C[C@H](C1CC1)n1cc(NC(=O)N2CCOC[C@H]2c2ncn[nH]2)cn1. The maximum absolute atomic E-state index is 12.7. The van der Waals surface area contributed by atoms with Gasteiger partial charge in [0.25, 0.3) is 0 Å². The molecule has 4 rings (SSSR count). The zero-order valence-corrected chi connectivity index (χ0v) is 13.6. The number of nitrogens with zero attached hydrogens (tertiary/aromatic N) is 5. The molecule has 1 saturated heterocycles. The number of H-pyrrole nitrogens is 1. The third-order valence-corrected chi connectivity index (χ3v) is 4.71. The first-order valence-electron chi connectivity index (χ1n) is 8.27. The molecule has 2 aromatic heterocycles. The molecule has 0 radical (unpaired) electrons. The molecule has 24 heavy (non-hydrogen) atoms. The predicted molar refractivity (Wildman–Crippen MR) is 85.3 cm³/mol. The fourth-order valence-corrected chi connectivity index (χ4v) is 3.06. The summed E-state index contributed by atoms with van der Waals surface area (Å²) < 4.78 is 7.41. The van der Waals surface area contributed by atoms with Crippen molar-refractivity contribution in [2.45, 2.75) is 31.8 Å². The second-order valence-electron chi connectivity index (χ2n) is 6.37. The number of morpholine rings is 1. The molecule has 3 heterocycles. The van der Waals surface area contributed by atoms with E-state index in [2.05, 4.69) is 32.5 Å². The Labute approximate surface area is 139 Å². The number of carbonyl (C=O) groups excluding carboxylic acids is 1. The highest BCUT2D eigenvalue weighted by Gasteiger charge is 2.32. The summed E-state index contributed by atoms with van der Waals surface area (Å²) in [4.78, 5) is 18.5. The largest absolute Gasteiger partial charge is 0.377 e. The van der Waals surface area contributed by atoms with Crippen LogP contribution in [-0.2, 0) is 4.74 Å². The molecule has 0 aromatic carbocycles. The summed E-state index contributed by atoms with van der Waals surface area (Å²) in [6, 6.07) is -0.0685. The van der Waals surface area contributed by atoms with Gasteiger partial charge in [-0.25, -0.2) is 9.78 Å². The van der Waals surface area contributed by atoms with Crippen molar-refractivity contribution in [1.82, 2.24) is 29.9 Å². The molecule has 128 valence electrons. The highest BCUT2D eigenvalue weighted by atomic mass is 16.5. The fraction of sp³-hybridized carbons (Fsp3) is 0.600. The van der Waals surface area contributed by atoms with Crippen molar-refractivity contribution < 1.29 is 9.53 Å². The Morgan fingerprint density at radius 2 is 2.38 bits per heavy atom. The molecule has 2 fully saturated rings. The molecule has 1 aliphatic carbocycles. The Bertz CT molecular complexity index is 695. The van der Waals surface area contributed by atoms with Crippen LogP contribution in [0.5, 0.6) is 0 Å². The number of ether oxygens (including phenoxy) is 1. The topological polar surface area (TPSA) is 101 Å². The second-order valence-corrected chi connectivity index (χ2v) is 6.37. The number of aromatic amines is 1. The number of hydrogen-bond donors (Lipinski definition) is 2. The van der Waals surface area contributed by atoms with Crippen LogP contribution in [-0.4, -0.2) is 55.7 Å². The smallest absolute Gasteiger partial charge is 0.322 e. The molecule has 9 heteroatoms. The summed E-state index contributed by atoms with van der Waals surface area (Å²) >= 11 is 0. The van der Waals surface area contributed by atoms with E-state index in [1.807, 2.05) is 10.9 Å². The van der Waals surface area contributed by atoms with Crippen molar-refractivity contribution in [3.8, 4) is 0 Å². The van der Waals surface area contributed by atoms with E-state index >= 15 is 0 Å². The first-order chi connectivity index (χ1) is 11.7. The first kappa shape index (κ1) is 15.1. The van der Waals surface area contributed by atoms with Gasteiger partial charge < -0.3 is 15.0 Å². The van der Waals surface area contributed by atoms with Gasteiger partial charge in [0, 0.05) is 12.7 Å². The van der Waals surface area contributed by atoms with Crippen LogP contribution in [0.4, 0.5) is 10.5 Å². The minimum Gasteiger partial charge on any atom is -0.377 e. The van der Waals surface area contributed by atoms with Gasteiger partial charge in [0.15, 0.2) is 0 Å². The van der Waals surface area contributed by atoms with E-state index in [-0.39, 0.29) is 12.1 Å². The highest BCUT2D eigenvalue weighted by molar-refractivity contribution is 5.89. The van der Waals surface area contributed by atoms with Gasteiger partial charge in [-0.3, -0.25) is 9.78 Å². The highest BCUT2D eigenvalue weighted by Crippen LogP contribution is 2.39. The van der Waals surface area contributed by atoms with Gasteiger partial charge in [-0.2, -0.15) is 10.2 Å². The normalized spacial score (nSPS) is 22.4. The Hall–Kier alpha value is -2.42. The summed E-state index contributed by atoms with van der Waals surface area (Å²) in [7, 11) is 0. The van der Waals surface area contributed by atoms with Gasteiger partial charge in [-0.05, 0) is 25.7 Å². The lowest BCUT2D eigenvalue weighted by Crippen LogP contribution is -2.45. The maximum atomic E-state index is 12.7. The third kappa shape index (κ3) is 2.99. The molecule has 9 nitrogen and oxygen atoms in total. The summed E-state index contributed by atoms with van der Waals surface area (Å²) in [5.41, 5.74) is 0.704. The quantitative estimate of drug-likeness (QED) is 0.886. The Morgan fingerprint density at radius 1 is 1.50 bits per heavy atom. The van der Waals surface area contributed by atoms with Gasteiger partial charge in [-0.15, -0.1) is 0 Å². The molecule has 0 spiro atoms. The van der Waals surface area contributed by atoms with Crippen LogP contribution in [0.2, 0.25) is 0 Å². The number of anilines is 1. The number of aromatic nitrogens is 5. The van der Waals surface area contributed by atoms with Crippen LogP contribution in [0.15, 0.2) is 18.7 Å². The molecule has 2 atom stereocenters. The lowest BCUT2D eigenvalue weighted by Gasteiger charge is -2.33. The second kappa shape index (κ2) is 6.23. The van der Waals surface area contributed by atoms with Crippen molar-refractivity contribution in [2.24, 2.45) is 5.92 Å². The lowest BCUT2D eigenvalue weighted by molar-refractivity contribution is 0.0118. The van der Waals surface area contributed by atoms with E-state index in [0.29, 0.717) is 43.2 Å². The number of amides is 2. The number of urea groups is 1. The molecular weight excluding hydrogens is 310 g/mol. The average molecular weight is 331 g/mol. The van der Waals surface area contributed by atoms with Crippen molar-refractivity contribution in [3.05, 3.63) is 24.5 Å². The van der Waals surface area contributed by atoms with Crippen LogP contribution in [0.3, 0.4) is 0 Å². The molecule has 0 unspecified atom stereocenters. The Kier molecular flexibility index (Phi) is 3.93. The van der Waals surface area contributed by atoms with Crippen LogP contribution in [0.1, 0.15) is 37.7 Å². The molecule has 2 N–H and O–H groups in total. The van der Waals surface area contributed by atoms with Crippen LogP contribution in [0, 0.1) is 5.92 Å². The van der Waals surface area contributed by atoms with E-state index in [1.54, 1.807) is 11.1 Å². The molecule has 1 aliphatic heterocycles. The number of nitrogens with one attached hydrogen (secondary N) is 2. The standard InChI is InChI=1S/C15H21N7O2/c1-10(11-2-3-11)22-7-12(6-18-22)19-15(23)21-4-5-24-8-13(21)14-16-9-17-20-14/h6-7,9-11,13H,2-5,8H2,1H3,(H,19,23)(H,16,17,20)/t10-,13+/m1/s1. The maximum Gasteiger partial charge on any atom is 0.322 e. The van der Waals surface area contributed by atoms with E-state index in [4.69, 9.17) is 4.74 Å². The van der Waals surface area contributed by atoms with Gasteiger partial charge in [0.1, 0.15) is 18.2 Å². The minimum absolute atomic E-state index is 0.182.